The molecule has 0 aliphatic carbocycles. The zero-order chi connectivity index (χ0) is 17.2. The van der Waals surface area contributed by atoms with E-state index in [2.05, 4.69) is 20.1 Å². The van der Waals surface area contributed by atoms with Crippen molar-refractivity contribution in [3.8, 4) is 5.88 Å². The summed E-state index contributed by atoms with van der Waals surface area (Å²) in [6.07, 6.45) is 6.61. The van der Waals surface area contributed by atoms with Gasteiger partial charge in [-0.2, -0.15) is 5.10 Å². The van der Waals surface area contributed by atoms with E-state index in [0.717, 1.165) is 36.3 Å². The predicted octanol–water partition coefficient (Wildman–Crippen LogP) is 1.38. The summed E-state index contributed by atoms with van der Waals surface area (Å²) in [7, 11) is 1.64. The second kappa shape index (κ2) is 6.68. The third-order valence-electron chi connectivity index (χ3n) is 4.76. The molecule has 0 bridgehead atoms. The number of fused-ring (bicyclic) bond motifs is 1. The summed E-state index contributed by atoms with van der Waals surface area (Å²) in [5.41, 5.74) is 3.70. The monoisotopic (exact) mass is 339 g/mol. The van der Waals surface area contributed by atoms with Gasteiger partial charge >= 0.3 is 0 Å². The van der Waals surface area contributed by atoms with Gasteiger partial charge in [0.15, 0.2) is 5.69 Å². The smallest absolute Gasteiger partial charge is 0.275 e. The van der Waals surface area contributed by atoms with Crippen LogP contribution in [0.3, 0.4) is 0 Å². The van der Waals surface area contributed by atoms with Crippen LogP contribution in [0.25, 0.3) is 0 Å². The second-order valence-corrected chi connectivity index (χ2v) is 6.34. The van der Waals surface area contributed by atoms with Crippen LogP contribution in [0.1, 0.15) is 27.3 Å². The SMILES string of the molecule is COc1ncccc1CN1CCc2[nH]nc(C(=O)N3CC=CC3)c2C1. The highest BCUT2D eigenvalue weighted by atomic mass is 16.5. The van der Waals surface area contributed by atoms with Crippen LogP contribution < -0.4 is 4.74 Å². The normalized spacial score (nSPS) is 16.9. The maximum Gasteiger partial charge on any atom is 0.275 e. The van der Waals surface area contributed by atoms with Crippen LogP contribution in [0.5, 0.6) is 5.88 Å². The zero-order valence-corrected chi connectivity index (χ0v) is 14.2. The minimum absolute atomic E-state index is 0.00306. The number of hydrogen-bond acceptors (Lipinski definition) is 5. The summed E-state index contributed by atoms with van der Waals surface area (Å²) < 4.78 is 5.35. The Balaban J connectivity index is 1.52. The highest BCUT2D eigenvalue weighted by molar-refractivity contribution is 5.94. The van der Waals surface area contributed by atoms with Gasteiger partial charge in [0.05, 0.1) is 7.11 Å². The topological polar surface area (TPSA) is 74.3 Å². The number of carbonyl (C=O) groups excluding carboxylic acids is 1. The summed E-state index contributed by atoms with van der Waals surface area (Å²) in [5, 5.41) is 7.37. The van der Waals surface area contributed by atoms with Gasteiger partial charge in [0, 0.05) is 62.2 Å². The second-order valence-electron chi connectivity index (χ2n) is 6.34. The van der Waals surface area contributed by atoms with E-state index in [4.69, 9.17) is 4.74 Å². The number of rotatable bonds is 4. The van der Waals surface area contributed by atoms with E-state index in [9.17, 15) is 4.79 Å². The first-order valence-electron chi connectivity index (χ1n) is 8.47. The van der Waals surface area contributed by atoms with Gasteiger partial charge in [-0.3, -0.25) is 14.8 Å². The van der Waals surface area contributed by atoms with Gasteiger partial charge in [-0.05, 0) is 6.07 Å². The summed E-state index contributed by atoms with van der Waals surface area (Å²) in [5.74, 6) is 0.656. The molecule has 0 aromatic carbocycles. The zero-order valence-electron chi connectivity index (χ0n) is 14.2. The maximum atomic E-state index is 12.7. The molecule has 0 saturated carbocycles. The van der Waals surface area contributed by atoms with Gasteiger partial charge < -0.3 is 9.64 Å². The molecule has 2 aromatic rings. The number of methoxy groups -OCH3 is 1. The highest BCUT2D eigenvalue weighted by Crippen LogP contribution is 2.25. The van der Waals surface area contributed by atoms with E-state index >= 15 is 0 Å². The molecule has 4 rings (SSSR count). The molecule has 0 radical (unpaired) electrons. The van der Waals surface area contributed by atoms with Crippen molar-refractivity contribution in [3.63, 3.8) is 0 Å². The highest BCUT2D eigenvalue weighted by Gasteiger charge is 2.28. The molecule has 0 atom stereocenters. The van der Waals surface area contributed by atoms with Crippen LogP contribution in [-0.2, 0) is 19.5 Å². The van der Waals surface area contributed by atoms with Crippen LogP contribution >= 0.6 is 0 Å². The molecule has 130 valence electrons. The summed E-state index contributed by atoms with van der Waals surface area (Å²) in [6.45, 7) is 3.67. The van der Waals surface area contributed by atoms with Gasteiger partial charge in [-0.25, -0.2) is 4.98 Å². The fourth-order valence-corrected chi connectivity index (χ4v) is 3.43. The largest absolute Gasteiger partial charge is 0.481 e. The van der Waals surface area contributed by atoms with Crippen molar-refractivity contribution < 1.29 is 9.53 Å². The van der Waals surface area contributed by atoms with E-state index in [1.165, 1.54) is 0 Å². The Labute approximate surface area is 146 Å². The van der Waals surface area contributed by atoms with Crippen molar-refractivity contribution in [3.05, 3.63) is 53.0 Å². The Morgan fingerprint density at radius 2 is 2.20 bits per heavy atom. The third kappa shape index (κ3) is 3.02. The average Bonchev–Trinajstić information content (AvgIpc) is 3.31. The number of ether oxygens (including phenoxy) is 1. The third-order valence-corrected chi connectivity index (χ3v) is 4.76. The number of aromatic nitrogens is 3. The lowest BCUT2D eigenvalue weighted by Crippen LogP contribution is -2.33. The van der Waals surface area contributed by atoms with Gasteiger partial charge in [-0.15, -0.1) is 0 Å². The van der Waals surface area contributed by atoms with E-state index in [1.807, 2.05) is 24.3 Å². The summed E-state index contributed by atoms with van der Waals surface area (Å²) in [4.78, 5) is 21.1. The summed E-state index contributed by atoms with van der Waals surface area (Å²) in [6, 6.07) is 3.94. The van der Waals surface area contributed by atoms with Crippen molar-refractivity contribution in [1.29, 1.82) is 0 Å². The predicted molar refractivity (Wildman–Crippen MR) is 92.2 cm³/mol. The lowest BCUT2D eigenvalue weighted by Gasteiger charge is -2.27. The van der Waals surface area contributed by atoms with Crippen molar-refractivity contribution in [1.82, 2.24) is 25.0 Å². The molecule has 25 heavy (non-hydrogen) atoms. The Kier molecular flexibility index (Phi) is 4.23. The molecule has 4 heterocycles. The lowest BCUT2D eigenvalue weighted by atomic mass is 10.0. The van der Waals surface area contributed by atoms with E-state index < -0.39 is 0 Å². The molecule has 1 amide bonds. The number of nitrogens with zero attached hydrogens (tertiary/aromatic N) is 4. The number of nitrogens with one attached hydrogen (secondary N) is 1. The number of amides is 1. The Morgan fingerprint density at radius 3 is 3.00 bits per heavy atom. The van der Waals surface area contributed by atoms with Crippen molar-refractivity contribution in [2.75, 3.05) is 26.7 Å². The molecule has 2 aromatic heterocycles. The molecular formula is C18H21N5O2. The number of H-pyrrole nitrogens is 1. The average molecular weight is 339 g/mol. The van der Waals surface area contributed by atoms with Crippen LogP contribution in [0.15, 0.2) is 30.5 Å². The molecule has 1 N–H and O–H groups in total. The van der Waals surface area contributed by atoms with Gasteiger partial charge in [0.1, 0.15) is 0 Å². The van der Waals surface area contributed by atoms with Gasteiger partial charge in [0.25, 0.3) is 5.91 Å². The Bertz CT molecular complexity index is 806. The number of aromatic amines is 1. The molecule has 0 saturated heterocycles. The van der Waals surface area contributed by atoms with Crippen LogP contribution in [0.4, 0.5) is 0 Å². The van der Waals surface area contributed by atoms with E-state index in [-0.39, 0.29) is 5.91 Å². The number of pyridine rings is 1. The van der Waals surface area contributed by atoms with Crippen molar-refractivity contribution in [2.24, 2.45) is 0 Å². The lowest BCUT2D eigenvalue weighted by molar-refractivity contribution is 0.0791. The van der Waals surface area contributed by atoms with Crippen molar-refractivity contribution >= 4 is 5.91 Å². The minimum atomic E-state index is 0.00306. The fourth-order valence-electron chi connectivity index (χ4n) is 3.43. The van der Waals surface area contributed by atoms with Crippen LogP contribution in [0.2, 0.25) is 0 Å². The molecule has 7 heteroatoms. The molecule has 0 unspecified atom stereocenters. The quantitative estimate of drug-likeness (QED) is 0.852. The number of hydrogen-bond donors (Lipinski definition) is 1. The van der Waals surface area contributed by atoms with Crippen LogP contribution in [0, 0.1) is 0 Å². The standard InChI is InChI=1S/C18H21N5O2/c1-25-17-13(5-4-7-19-17)11-22-10-6-15-14(12-22)16(21-20-15)18(24)23-8-2-3-9-23/h2-5,7H,6,8-12H2,1H3,(H,20,21). The molecule has 2 aliphatic heterocycles. The molecular weight excluding hydrogens is 318 g/mol. The molecule has 0 spiro atoms. The number of carbonyl (C=O) groups is 1. The Hall–Kier alpha value is -2.67. The van der Waals surface area contributed by atoms with Gasteiger partial charge in [-0.1, -0.05) is 18.2 Å². The molecule has 0 fully saturated rings. The van der Waals surface area contributed by atoms with E-state index in [1.54, 1.807) is 18.2 Å². The first-order chi connectivity index (χ1) is 12.3. The minimum Gasteiger partial charge on any atom is -0.481 e. The molecule has 2 aliphatic rings. The molecule has 7 nitrogen and oxygen atoms in total. The van der Waals surface area contributed by atoms with Gasteiger partial charge in [0.2, 0.25) is 5.88 Å². The van der Waals surface area contributed by atoms with E-state index in [0.29, 0.717) is 31.2 Å². The maximum absolute atomic E-state index is 12.7. The first kappa shape index (κ1) is 15.8. The van der Waals surface area contributed by atoms with Crippen molar-refractivity contribution in [2.45, 2.75) is 19.5 Å². The fraction of sp³-hybridized carbons (Fsp3) is 0.389. The first-order valence-corrected chi connectivity index (χ1v) is 8.47. The summed E-state index contributed by atoms with van der Waals surface area (Å²) >= 11 is 0. The van der Waals surface area contributed by atoms with Crippen LogP contribution in [-0.4, -0.2) is 57.6 Å². The Morgan fingerprint density at radius 1 is 1.36 bits per heavy atom.